The second-order valence-corrected chi connectivity index (χ2v) is 10.9. The second-order valence-electron chi connectivity index (χ2n) is 10.9. The number of amides is 1. The van der Waals surface area contributed by atoms with Gasteiger partial charge in [-0.15, -0.1) is 0 Å². The molecule has 0 radical (unpaired) electrons. The first-order valence-corrected chi connectivity index (χ1v) is 15.3. The van der Waals surface area contributed by atoms with Crippen LogP contribution in [0.2, 0.25) is 0 Å². The zero-order valence-electron chi connectivity index (χ0n) is 25.5. The monoisotopic (exact) mass is 611 g/mol. The highest BCUT2D eigenvalue weighted by atomic mass is 16.7. The molecule has 5 rings (SSSR count). The molecule has 1 fully saturated rings. The van der Waals surface area contributed by atoms with Crippen molar-refractivity contribution in [2.75, 3.05) is 6.61 Å². The van der Waals surface area contributed by atoms with Crippen LogP contribution in [0.4, 0.5) is 0 Å². The smallest absolute Gasteiger partial charge is 0.209 e. The SMILES string of the molecule is CC(NC=O)O[C@@H]1O[C@H](COCc2ccccc2)[C@@H](OCc2ccccc2)[C@H](OCc2ccccc2)[C@H]1OCc1ccccc1. The highest BCUT2D eigenvalue weighted by Gasteiger charge is 2.49. The van der Waals surface area contributed by atoms with Crippen LogP contribution in [0.15, 0.2) is 121 Å². The molecular formula is C37H41NO7. The van der Waals surface area contributed by atoms with E-state index in [1.807, 2.05) is 121 Å². The van der Waals surface area contributed by atoms with Gasteiger partial charge in [-0.25, -0.2) is 0 Å². The molecule has 0 aliphatic carbocycles. The van der Waals surface area contributed by atoms with Crippen LogP contribution in [0.25, 0.3) is 0 Å². The molecule has 0 saturated carbocycles. The van der Waals surface area contributed by atoms with Gasteiger partial charge in [0.15, 0.2) is 6.29 Å². The van der Waals surface area contributed by atoms with E-state index in [0.717, 1.165) is 22.3 Å². The first kappa shape index (κ1) is 32.5. The van der Waals surface area contributed by atoms with Gasteiger partial charge in [0, 0.05) is 0 Å². The summed E-state index contributed by atoms with van der Waals surface area (Å²) in [6.07, 6.45) is -3.37. The number of rotatable bonds is 17. The summed E-state index contributed by atoms with van der Waals surface area (Å²) in [5, 5.41) is 2.66. The topological polar surface area (TPSA) is 84.5 Å². The highest BCUT2D eigenvalue weighted by molar-refractivity contribution is 5.46. The van der Waals surface area contributed by atoms with Crippen molar-refractivity contribution in [2.24, 2.45) is 0 Å². The number of ether oxygens (including phenoxy) is 6. The summed E-state index contributed by atoms with van der Waals surface area (Å²) in [7, 11) is 0. The molecule has 1 saturated heterocycles. The van der Waals surface area contributed by atoms with Crippen LogP contribution < -0.4 is 5.32 Å². The summed E-state index contributed by atoms with van der Waals surface area (Å²) in [6, 6.07) is 39.8. The third-order valence-corrected chi connectivity index (χ3v) is 7.48. The fourth-order valence-corrected chi connectivity index (χ4v) is 5.19. The molecule has 0 spiro atoms. The van der Waals surface area contributed by atoms with Crippen molar-refractivity contribution in [3.8, 4) is 0 Å². The quantitative estimate of drug-likeness (QED) is 0.120. The number of hydrogen-bond donors (Lipinski definition) is 1. The fourth-order valence-electron chi connectivity index (χ4n) is 5.19. The van der Waals surface area contributed by atoms with E-state index in [-0.39, 0.29) is 6.61 Å². The zero-order valence-corrected chi connectivity index (χ0v) is 25.5. The van der Waals surface area contributed by atoms with Crippen LogP contribution in [0.3, 0.4) is 0 Å². The Bertz CT molecular complexity index is 1380. The van der Waals surface area contributed by atoms with E-state index >= 15 is 0 Å². The van der Waals surface area contributed by atoms with Crippen LogP contribution >= 0.6 is 0 Å². The molecule has 4 aromatic rings. The van der Waals surface area contributed by atoms with Gasteiger partial charge in [-0.05, 0) is 29.2 Å². The Hall–Kier alpha value is -3.89. The molecule has 45 heavy (non-hydrogen) atoms. The van der Waals surface area contributed by atoms with Gasteiger partial charge in [-0.3, -0.25) is 4.79 Å². The first-order chi connectivity index (χ1) is 22.2. The Balaban J connectivity index is 1.44. The lowest BCUT2D eigenvalue weighted by atomic mass is 9.97. The van der Waals surface area contributed by atoms with Crippen molar-refractivity contribution in [3.05, 3.63) is 144 Å². The van der Waals surface area contributed by atoms with Crippen molar-refractivity contribution in [1.82, 2.24) is 5.32 Å². The summed E-state index contributed by atoms with van der Waals surface area (Å²) in [6.45, 7) is 3.34. The van der Waals surface area contributed by atoms with Gasteiger partial charge in [0.1, 0.15) is 30.6 Å². The lowest BCUT2D eigenvalue weighted by Gasteiger charge is -2.46. The summed E-state index contributed by atoms with van der Waals surface area (Å²) in [5.74, 6) is 0. The van der Waals surface area contributed by atoms with Crippen LogP contribution in [-0.4, -0.2) is 50.0 Å². The lowest BCUT2D eigenvalue weighted by Crippen LogP contribution is -2.62. The molecule has 236 valence electrons. The minimum atomic E-state index is -0.890. The molecule has 1 unspecified atom stereocenters. The number of nitrogens with one attached hydrogen (secondary N) is 1. The van der Waals surface area contributed by atoms with Crippen molar-refractivity contribution in [3.63, 3.8) is 0 Å². The number of carbonyl (C=O) groups is 1. The van der Waals surface area contributed by atoms with E-state index < -0.39 is 36.9 Å². The minimum Gasteiger partial charge on any atom is -0.374 e. The Morgan fingerprint density at radius 3 is 1.51 bits per heavy atom. The molecule has 4 aromatic carbocycles. The van der Waals surface area contributed by atoms with Crippen molar-refractivity contribution in [1.29, 1.82) is 0 Å². The normalized spacial score (nSPS) is 22.0. The summed E-state index contributed by atoms with van der Waals surface area (Å²) in [5.41, 5.74) is 4.07. The van der Waals surface area contributed by atoms with Gasteiger partial charge in [-0.2, -0.15) is 0 Å². The van der Waals surface area contributed by atoms with Gasteiger partial charge in [0.05, 0.1) is 33.0 Å². The van der Waals surface area contributed by atoms with Gasteiger partial charge >= 0.3 is 0 Å². The summed E-state index contributed by atoms with van der Waals surface area (Å²) in [4.78, 5) is 11.3. The Labute approximate surface area is 265 Å². The number of hydrogen-bond acceptors (Lipinski definition) is 7. The maximum Gasteiger partial charge on any atom is 0.209 e. The average molecular weight is 612 g/mol. The molecule has 1 aliphatic rings. The zero-order chi connectivity index (χ0) is 31.1. The summed E-state index contributed by atoms with van der Waals surface area (Å²) < 4.78 is 38.9. The van der Waals surface area contributed by atoms with E-state index in [9.17, 15) is 4.79 Å². The standard InChI is InChI=1S/C37H41NO7/c1-28(38-27-39)44-37-36(43-25-32-20-12-5-13-21-32)35(42-24-31-18-10-4-11-19-31)34(41-23-30-16-8-3-9-17-30)33(45-37)26-40-22-29-14-6-2-7-15-29/h2-21,27-28,33-37H,22-26H2,1H3,(H,38,39)/t28?,33-,34-,35+,36-,37-/m1/s1. The predicted molar refractivity (Wildman–Crippen MR) is 170 cm³/mol. The van der Waals surface area contributed by atoms with E-state index in [1.165, 1.54) is 0 Å². The molecule has 1 aliphatic heterocycles. The Morgan fingerprint density at radius 1 is 0.622 bits per heavy atom. The number of benzene rings is 4. The van der Waals surface area contributed by atoms with E-state index in [1.54, 1.807) is 6.92 Å². The summed E-state index contributed by atoms with van der Waals surface area (Å²) >= 11 is 0. The minimum absolute atomic E-state index is 0.223. The Kier molecular flexibility index (Phi) is 12.7. The molecule has 0 bridgehead atoms. The predicted octanol–water partition coefficient (Wildman–Crippen LogP) is 5.79. The fraction of sp³-hybridized carbons (Fsp3) is 0.324. The second kappa shape index (κ2) is 17.6. The molecule has 8 nitrogen and oxygen atoms in total. The van der Waals surface area contributed by atoms with Gasteiger partial charge in [-0.1, -0.05) is 121 Å². The molecule has 1 amide bonds. The van der Waals surface area contributed by atoms with Crippen LogP contribution in [0.5, 0.6) is 0 Å². The molecule has 8 heteroatoms. The molecule has 1 heterocycles. The molecular weight excluding hydrogens is 570 g/mol. The molecule has 0 aromatic heterocycles. The van der Waals surface area contributed by atoms with Crippen LogP contribution in [0.1, 0.15) is 29.2 Å². The van der Waals surface area contributed by atoms with Crippen molar-refractivity contribution < 1.29 is 33.2 Å². The highest BCUT2D eigenvalue weighted by Crippen LogP contribution is 2.32. The van der Waals surface area contributed by atoms with E-state index in [2.05, 4.69) is 5.32 Å². The Morgan fingerprint density at radius 2 is 1.04 bits per heavy atom. The average Bonchev–Trinajstić information content (AvgIpc) is 3.08. The van der Waals surface area contributed by atoms with Gasteiger partial charge in [0.25, 0.3) is 0 Å². The van der Waals surface area contributed by atoms with Crippen molar-refractivity contribution >= 4 is 6.41 Å². The third kappa shape index (κ3) is 10.1. The third-order valence-electron chi connectivity index (χ3n) is 7.48. The van der Waals surface area contributed by atoms with E-state index in [4.69, 9.17) is 28.4 Å². The maximum absolute atomic E-state index is 11.3. The first-order valence-electron chi connectivity index (χ1n) is 15.3. The maximum atomic E-state index is 11.3. The molecule has 6 atom stereocenters. The van der Waals surface area contributed by atoms with Gasteiger partial charge in [0.2, 0.25) is 6.41 Å². The van der Waals surface area contributed by atoms with Crippen LogP contribution in [-0.2, 0) is 59.6 Å². The van der Waals surface area contributed by atoms with Gasteiger partial charge < -0.3 is 33.7 Å². The van der Waals surface area contributed by atoms with Crippen molar-refractivity contribution in [2.45, 2.75) is 70.3 Å². The lowest BCUT2D eigenvalue weighted by molar-refractivity contribution is -0.336. The molecule has 1 N–H and O–H groups in total. The van der Waals surface area contributed by atoms with Crippen LogP contribution in [0, 0.1) is 0 Å². The largest absolute Gasteiger partial charge is 0.374 e. The number of carbonyl (C=O) groups excluding carboxylic acids is 1. The van der Waals surface area contributed by atoms with E-state index in [0.29, 0.717) is 32.8 Å².